The second-order valence-corrected chi connectivity index (χ2v) is 2.59. The summed E-state index contributed by atoms with van der Waals surface area (Å²) in [7, 11) is 1.19. The number of hydrogen-bond donors (Lipinski definition) is 2. The lowest BCUT2D eigenvalue weighted by molar-refractivity contribution is -0.112. The van der Waals surface area contributed by atoms with Crippen LogP contribution in [-0.4, -0.2) is 29.0 Å². The summed E-state index contributed by atoms with van der Waals surface area (Å²) in [5.74, 6) is 2.78. The first-order chi connectivity index (χ1) is 7.54. The van der Waals surface area contributed by atoms with E-state index < -0.39 is 11.9 Å². The van der Waals surface area contributed by atoms with E-state index in [1.807, 2.05) is 0 Å². The molecular weight excluding hydrogens is 212 g/mol. The zero-order chi connectivity index (χ0) is 12.1. The molecule has 0 radical (unpaired) electrons. The van der Waals surface area contributed by atoms with Gasteiger partial charge in [0.05, 0.1) is 13.3 Å². The van der Waals surface area contributed by atoms with E-state index >= 15 is 0 Å². The molecule has 7 heteroatoms. The minimum absolute atomic E-state index is 0.0727. The smallest absolute Gasteiger partial charge is 0.360 e. The molecule has 0 bridgehead atoms. The number of nitrogens with two attached hydrogens (primary N) is 2. The van der Waals surface area contributed by atoms with Gasteiger partial charge in [0.25, 0.3) is 5.91 Å². The van der Waals surface area contributed by atoms with Crippen LogP contribution in [0.1, 0.15) is 16.2 Å². The number of carbonyl (C=O) groups is 2. The molecule has 1 aromatic heterocycles. The maximum absolute atomic E-state index is 11.2. The third kappa shape index (κ3) is 2.68. The van der Waals surface area contributed by atoms with Crippen molar-refractivity contribution in [3.63, 3.8) is 0 Å². The van der Waals surface area contributed by atoms with E-state index in [0.29, 0.717) is 0 Å². The summed E-state index contributed by atoms with van der Waals surface area (Å²) in [5.41, 5.74) is 10.2. The SMILES string of the molecule is COC(=O)c1nc(C#CC(N)=O)cnc1N. The van der Waals surface area contributed by atoms with E-state index in [-0.39, 0.29) is 17.2 Å². The molecule has 1 rings (SSSR count). The molecule has 0 fully saturated rings. The Labute approximate surface area is 90.8 Å². The van der Waals surface area contributed by atoms with Gasteiger partial charge in [0.15, 0.2) is 11.5 Å². The lowest BCUT2D eigenvalue weighted by atomic mass is 10.3. The molecule has 0 atom stereocenters. The number of hydrogen-bond acceptors (Lipinski definition) is 6. The number of methoxy groups -OCH3 is 1. The molecule has 0 aromatic carbocycles. The third-order valence-electron chi connectivity index (χ3n) is 1.49. The van der Waals surface area contributed by atoms with Crippen LogP contribution in [0.4, 0.5) is 5.82 Å². The number of nitrogens with zero attached hydrogens (tertiary/aromatic N) is 2. The van der Waals surface area contributed by atoms with Crippen LogP contribution < -0.4 is 11.5 Å². The molecule has 0 saturated heterocycles. The maximum atomic E-state index is 11.2. The largest absolute Gasteiger partial charge is 0.464 e. The molecule has 7 nitrogen and oxygen atoms in total. The van der Waals surface area contributed by atoms with Crippen molar-refractivity contribution in [2.24, 2.45) is 5.73 Å². The van der Waals surface area contributed by atoms with Crippen molar-refractivity contribution in [3.05, 3.63) is 17.6 Å². The Bertz CT molecular complexity index is 501. The highest BCUT2D eigenvalue weighted by Gasteiger charge is 2.13. The van der Waals surface area contributed by atoms with Crippen LogP contribution in [0.2, 0.25) is 0 Å². The van der Waals surface area contributed by atoms with Gasteiger partial charge in [-0.1, -0.05) is 0 Å². The number of anilines is 1. The van der Waals surface area contributed by atoms with Gasteiger partial charge in [-0.05, 0) is 5.92 Å². The van der Waals surface area contributed by atoms with Crippen LogP contribution in [0.25, 0.3) is 0 Å². The van der Waals surface area contributed by atoms with E-state index in [9.17, 15) is 9.59 Å². The summed E-state index contributed by atoms with van der Waals surface area (Å²) in [6.07, 6.45) is 1.22. The number of aromatic nitrogens is 2. The Morgan fingerprint density at radius 1 is 1.50 bits per heavy atom. The molecule has 1 amide bonds. The third-order valence-corrected chi connectivity index (χ3v) is 1.49. The van der Waals surface area contributed by atoms with Crippen molar-refractivity contribution in [2.45, 2.75) is 0 Å². The molecule has 1 heterocycles. The second-order valence-electron chi connectivity index (χ2n) is 2.59. The fraction of sp³-hybridized carbons (Fsp3) is 0.111. The number of nitrogen functional groups attached to an aromatic ring is 1. The van der Waals surface area contributed by atoms with Gasteiger partial charge in [-0.25, -0.2) is 14.8 Å². The number of primary amides is 1. The van der Waals surface area contributed by atoms with Crippen molar-refractivity contribution in [1.29, 1.82) is 0 Å². The highest BCUT2D eigenvalue weighted by Crippen LogP contribution is 2.06. The Balaban J connectivity index is 3.14. The normalized spacial score (nSPS) is 8.81. The van der Waals surface area contributed by atoms with E-state index in [1.165, 1.54) is 13.3 Å². The Morgan fingerprint density at radius 2 is 2.19 bits per heavy atom. The lowest BCUT2D eigenvalue weighted by Gasteiger charge is -2.01. The van der Waals surface area contributed by atoms with Crippen molar-refractivity contribution >= 4 is 17.7 Å². The summed E-state index contributed by atoms with van der Waals surface area (Å²) in [6.45, 7) is 0. The number of esters is 1. The average Bonchev–Trinajstić information content (AvgIpc) is 2.27. The van der Waals surface area contributed by atoms with Crippen LogP contribution in [0, 0.1) is 11.8 Å². The highest BCUT2D eigenvalue weighted by molar-refractivity contribution is 5.93. The molecule has 0 saturated carbocycles. The van der Waals surface area contributed by atoms with Gasteiger partial charge in [0, 0.05) is 5.92 Å². The van der Waals surface area contributed by atoms with E-state index in [1.54, 1.807) is 0 Å². The summed E-state index contributed by atoms with van der Waals surface area (Å²) >= 11 is 0. The Hall–Kier alpha value is -2.62. The summed E-state index contributed by atoms with van der Waals surface area (Å²) < 4.78 is 4.44. The first-order valence-electron chi connectivity index (χ1n) is 4.07. The minimum Gasteiger partial charge on any atom is -0.464 e. The van der Waals surface area contributed by atoms with Crippen molar-refractivity contribution in [2.75, 3.05) is 12.8 Å². The van der Waals surface area contributed by atoms with Gasteiger partial charge >= 0.3 is 5.97 Å². The lowest BCUT2D eigenvalue weighted by Crippen LogP contribution is -2.11. The molecule has 16 heavy (non-hydrogen) atoms. The zero-order valence-electron chi connectivity index (χ0n) is 8.35. The number of amides is 1. The van der Waals surface area contributed by atoms with Gasteiger partial charge in [0.1, 0.15) is 5.69 Å². The monoisotopic (exact) mass is 220 g/mol. The predicted molar refractivity (Wildman–Crippen MR) is 53.9 cm³/mol. The fourth-order valence-corrected chi connectivity index (χ4v) is 0.831. The molecule has 4 N–H and O–H groups in total. The Kier molecular flexibility index (Phi) is 3.40. The van der Waals surface area contributed by atoms with Crippen molar-refractivity contribution < 1.29 is 14.3 Å². The van der Waals surface area contributed by atoms with Crippen LogP contribution >= 0.6 is 0 Å². The van der Waals surface area contributed by atoms with Gasteiger partial charge < -0.3 is 16.2 Å². The van der Waals surface area contributed by atoms with Gasteiger partial charge in [-0.3, -0.25) is 4.79 Å². The Morgan fingerprint density at radius 3 is 2.75 bits per heavy atom. The van der Waals surface area contributed by atoms with Crippen LogP contribution in [-0.2, 0) is 9.53 Å². The quantitative estimate of drug-likeness (QED) is 0.447. The molecular formula is C9H8N4O3. The zero-order valence-corrected chi connectivity index (χ0v) is 8.35. The van der Waals surface area contributed by atoms with Crippen molar-refractivity contribution in [1.82, 2.24) is 9.97 Å². The van der Waals surface area contributed by atoms with E-state index in [4.69, 9.17) is 11.5 Å². The molecule has 0 unspecified atom stereocenters. The summed E-state index contributed by atoms with van der Waals surface area (Å²) in [4.78, 5) is 29.0. The van der Waals surface area contributed by atoms with Gasteiger partial charge in [-0.15, -0.1) is 0 Å². The predicted octanol–water partition coefficient (Wildman–Crippen LogP) is -1.32. The van der Waals surface area contributed by atoms with E-state index in [2.05, 4.69) is 26.5 Å². The fourth-order valence-electron chi connectivity index (χ4n) is 0.831. The maximum Gasteiger partial charge on any atom is 0.360 e. The van der Waals surface area contributed by atoms with Crippen LogP contribution in [0.3, 0.4) is 0 Å². The first kappa shape index (κ1) is 11.5. The standard InChI is InChI=1S/C9H8N4O3/c1-16-9(15)7-8(11)12-4-5(13-7)2-3-6(10)14/h4H,1H3,(H2,10,14)(H2,11,12). The van der Waals surface area contributed by atoms with Crippen LogP contribution in [0.15, 0.2) is 6.20 Å². The topological polar surface area (TPSA) is 121 Å². The first-order valence-corrected chi connectivity index (χ1v) is 4.07. The molecule has 0 aliphatic carbocycles. The second kappa shape index (κ2) is 4.75. The van der Waals surface area contributed by atoms with E-state index in [0.717, 1.165) is 0 Å². The minimum atomic E-state index is -0.807. The molecule has 0 aliphatic rings. The molecule has 0 spiro atoms. The summed E-state index contributed by atoms with van der Waals surface area (Å²) in [6, 6.07) is 0. The summed E-state index contributed by atoms with van der Waals surface area (Å²) in [5, 5.41) is 0. The molecule has 1 aromatic rings. The molecule has 82 valence electrons. The van der Waals surface area contributed by atoms with Crippen LogP contribution in [0.5, 0.6) is 0 Å². The average molecular weight is 220 g/mol. The van der Waals surface area contributed by atoms with Crippen molar-refractivity contribution in [3.8, 4) is 11.8 Å². The number of rotatable bonds is 1. The number of ether oxygens (including phenoxy) is 1. The van der Waals surface area contributed by atoms with Gasteiger partial charge in [0.2, 0.25) is 0 Å². The van der Waals surface area contributed by atoms with Gasteiger partial charge in [-0.2, -0.15) is 0 Å². The number of carbonyl (C=O) groups excluding carboxylic acids is 2. The highest BCUT2D eigenvalue weighted by atomic mass is 16.5. The molecule has 0 aliphatic heterocycles.